The van der Waals surface area contributed by atoms with E-state index in [1.54, 1.807) is 19.9 Å². The Morgan fingerprint density at radius 3 is 2.65 bits per heavy atom. The molecule has 2 amide bonds. The number of urea groups is 1. The van der Waals surface area contributed by atoms with Crippen LogP contribution in [0.4, 0.5) is 18.0 Å². The van der Waals surface area contributed by atoms with Gasteiger partial charge in [0.25, 0.3) is 0 Å². The second kappa shape index (κ2) is 8.86. The molecule has 2 N–H and O–H groups in total. The van der Waals surface area contributed by atoms with Gasteiger partial charge >= 0.3 is 18.4 Å². The number of fused-ring (bicyclic) bond motifs is 1. The van der Waals surface area contributed by atoms with Crippen LogP contribution in [0.5, 0.6) is 5.75 Å². The Hall–Kier alpha value is -3.24. The molecule has 3 rings (SSSR count). The first-order valence-corrected chi connectivity index (χ1v) is 9.64. The van der Waals surface area contributed by atoms with E-state index in [9.17, 15) is 22.8 Å². The number of methoxy groups -OCH3 is 1. The summed E-state index contributed by atoms with van der Waals surface area (Å²) in [5.74, 6) is -1.30. The molecule has 0 radical (unpaired) electrons. The van der Waals surface area contributed by atoms with Crippen LogP contribution >= 0.6 is 0 Å². The third-order valence-electron chi connectivity index (χ3n) is 5.03. The van der Waals surface area contributed by atoms with Gasteiger partial charge in [-0.15, -0.1) is 13.2 Å². The van der Waals surface area contributed by atoms with Crippen LogP contribution in [0.3, 0.4) is 0 Å². The average Bonchev–Trinajstić information content (AvgIpc) is 3.18. The number of H-pyrrole nitrogens is 1. The summed E-state index contributed by atoms with van der Waals surface area (Å²) < 4.78 is 47.9. The fourth-order valence-corrected chi connectivity index (χ4v) is 3.58. The van der Waals surface area contributed by atoms with Crippen LogP contribution in [0, 0.1) is 5.92 Å². The standard InChI is InChI=1S/C20H23F3N4O4/c1-11(2)15(18(28)30-3)26-19(29)27-9-8-13-16(25-10-24-13)17(27)12-6-4-5-7-14(12)31-20(21,22)23/h4-7,10-11,15,17H,8-9H2,1-3H3,(H,24,25)(H,26,29)/t15-,17?/m0/s1. The van der Waals surface area contributed by atoms with Crippen molar-refractivity contribution in [2.75, 3.05) is 13.7 Å². The van der Waals surface area contributed by atoms with E-state index >= 15 is 0 Å². The summed E-state index contributed by atoms with van der Waals surface area (Å²) in [5, 5.41) is 2.64. The maximum atomic E-state index is 13.2. The summed E-state index contributed by atoms with van der Waals surface area (Å²) in [7, 11) is 1.22. The van der Waals surface area contributed by atoms with Crippen molar-refractivity contribution < 1.29 is 32.2 Å². The first-order chi connectivity index (χ1) is 14.6. The number of rotatable bonds is 5. The lowest BCUT2D eigenvalue weighted by molar-refractivity contribution is -0.275. The normalized spacial score (nSPS) is 17.1. The topological polar surface area (TPSA) is 96.6 Å². The van der Waals surface area contributed by atoms with Crippen molar-refractivity contribution in [2.24, 2.45) is 5.92 Å². The highest BCUT2D eigenvalue weighted by Gasteiger charge is 2.39. The molecule has 0 saturated heterocycles. The van der Waals surface area contributed by atoms with Gasteiger partial charge in [0.05, 0.1) is 19.1 Å². The molecule has 168 valence electrons. The quantitative estimate of drug-likeness (QED) is 0.697. The van der Waals surface area contributed by atoms with Crippen LogP contribution < -0.4 is 10.1 Å². The summed E-state index contributed by atoms with van der Waals surface area (Å²) in [6, 6.07) is 3.13. The van der Waals surface area contributed by atoms with Crippen molar-refractivity contribution >= 4 is 12.0 Å². The molecule has 11 heteroatoms. The van der Waals surface area contributed by atoms with Crippen LogP contribution in [-0.4, -0.2) is 52.9 Å². The number of nitrogens with one attached hydrogen (secondary N) is 2. The van der Waals surface area contributed by atoms with Gasteiger partial charge in [-0.05, 0) is 12.0 Å². The predicted octanol–water partition coefficient (Wildman–Crippen LogP) is 3.16. The van der Waals surface area contributed by atoms with Gasteiger partial charge in [-0.1, -0.05) is 32.0 Å². The molecule has 2 heterocycles. The molecule has 1 aromatic heterocycles. The third-order valence-corrected chi connectivity index (χ3v) is 5.03. The van der Waals surface area contributed by atoms with Crippen molar-refractivity contribution in [1.82, 2.24) is 20.2 Å². The molecule has 0 aliphatic carbocycles. The minimum absolute atomic E-state index is 0.127. The Bertz CT molecular complexity index is 945. The van der Waals surface area contributed by atoms with Crippen molar-refractivity contribution in [2.45, 2.75) is 38.7 Å². The molecule has 0 bridgehead atoms. The lowest BCUT2D eigenvalue weighted by Crippen LogP contribution is -2.53. The summed E-state index contributed by atoms with van der Waals surface area (Å²) in [5.41, 5.74) is 1.25. The van der Waals surface area contributed by atoms with Crippen LogP contribution in [0.1, 0.15) is 36.8 Å². The molecule has 1 aliphatic heterocycles. The highest BCUT2D eigenvalue weighted by Crippen LogP contribution is 2.39. The highest BCUT2D eigenvalue weighted by molar-refractivity contribution is 5.84. The monoisotopic (exact) mass is 440 g/mol. The fraction of sp³-hybridized carbons (Fsp3) is 0.450. The Morgan fingerprint density at radius 2 is 2.00 bits per heavy atom. The zero-order valence-electron chi connectivity index (χ0n) is 17.2. The second-order valence-corrected chi connectivity index (χ2v) is 7.39. The number of hydrogen-bond donors (Lipinski definition) is 2. The maximum Gasteiger partial charge on any atom is 0.573 e. The molecular formula is C20H23F3N4O4. The molecule has 0 spiro atoms. The molecular weight excluding hydrogens is 417 g/mol. The number of carbonyl (C=O) groups is 2. The Kier molecular flexibility index (Phi) is 6.42. The number of ether oxygens (including phenoxy) is 2. The van der Waals surface area contributed by atoms with Crippen molar-refractivity contribution in [3.05, 3.63) is 47.5 Å². The van der Waals surface area contributed by atoms with E-state index in [2.05, 4.69) is 20.0 Å². The molecule has 2 atom stereocenters. The van der Waals surface area contributed by atoms with Crippen molar-refractivity contribution in [3.63, 3.8) is 0 Å². The molecule has 1 unspecified atom stereocenters. The summed E-state index contributed by atoms with van der Waals surface area (Å²) in [6.07, 6.45) is -3.05. The van der Waals surface area contributed by atoms with E-state index in [1.165, 1.54) is 36.5 Å². The van der Waals surface area contributed by atoms with Crippen molar-refractivity contribution in [1.29, 1.82) is 0 Å². The van der Waals surface area contributed by atoms with Gasteiger partial charge in [0.1, 0.15) is 17.8 Å². The van der Waals surface area contributed by atoms with E-state index in [0.29, 0.717) is 17.8 Å². The number of benzene rings is 1. The van der Waals surface area contributed by atoms with Gasteiger partial charge in [-0.2, -0.15) is 0 Å². The number of aromatic amines is 1. The first-order valence-electron chi connectivity index (χ1n) is 9.64. The van der Waals surface area contributed by atoms with Gasteiger partial charge < -0.3 is 24.7 Å². The number of amides is 2. The van der Waals surface area contributed by atoms with Crippen molar-refractivity contribution in [3.8, 4) is 5.75 Å². The van der Waals surface area contributed by atoms with Crippen LogP contribution in [-0.2, 0) is 16.0 Å². The van der Waals surface area contributed by atoms with E-state index < -0.39 is 36.2 Å². The number of aromatic nitrogens is 2. The average molecular weight is 440 g/mol. The smallest absolute Gasteiger partial charge is 0.467 e. The first kappa shape index (κ1) is 22.4. The van der Waals surface area contributed by atoms with E-state index in [0.717, 1.165) is 0 Å². The molecule has 2 aromatic rings. The number of alkyl halides is 3. The Balaban J connectivity index is 2.00. The molecule has 8 nitrogen and oxygen atoms in total. The predicted molar refractivity (Wildman–Crippen MR) is 103 cm³/mol. The minimum atomic E-state index is -4.90. The largest absolute Gasteiger partial charge is 0.573 e. The van der Waals surface area contributed by atoms with Gasteiger partial charge in [0.15, 0.2) is 0 Å². The SMILES string of the molecule is COC(=O)[C@@H](NC(=O)N1CCc2[nH]cnc2C1c1ccccc1OC(F)(F)F)C(C)C. The number of halogens is 3. The summed E-state index contributed by atoms with van der Waals surface area (Å²) in [4.78, 5) is 33.8. The van der Waals surface area contributed by atoms with E-state index in [4.69, 9.17) is 4.74 Å². The molecule has 1 aromatic carbocycles. The number of carbonyl (C=O) groups excluding carboxylic acids is 2. The summed E-state index contributed by atoms with van der Waals surface area (Å²) >= 11 is 0. The van der Waals surface area contributed by atoms with Gasteiger partial charge in [0, 0.05) is 24.2 Å². The van der Waals surface area contributed by atoms with Gasteiger partial charge in [0.2, 0.25) is 0 Å². The third kappa shape index (κ3) is 4.92. The van der Waals surface area contributed by atoms with E-state index in [-0.39, 0.29) is 18.0 Å². The zero-order chi connectivity index (χ0) is 22.8. The zero-order valence-corrected chi connectivity index (χ0v) is 17.2. The maximum absolute atomic E-state index is 13.2. The van der Waals surface area contributed by atoms with Crippen LogP contribution in [0.15, 0.2) is 30.6 Å². The Labute approximate surface area is 176 Å². The highest BCUT2D eigenvalue weighted by atomic mass is 19.4. The minimum Gasteiger partial charge on any atom is -0.467 e. The lowest BCUT2D eigenvalue weighted by Gasteiger charge is -2.37. The number of hydrogen-bond acceptors (Lipinski definition) is 5. The summed E-state index contributed by atoms with van der Waals surface area (Å²) in [6.45, 7) is 3.68. The van der Waals surface area contributed by atoms with Gasteiger partial charge in [-0.3, -0.25) is 0 Å². The fourth-order valence-electron chi connectivity index (χ4n) is 3.58. The van der Waals surface area contributed by atoms with Crippen LogP contribution in [0.25, 0.3) is 0 Å². The Morgan fingerprint density at radius 1 is 1.29 bits per heavy atom. The van der Waals surface area contributed by atoms with E-state index in [1.807, 2.05) is 0 Å². The van der Waals surface area contributed by atoms with Crippen LogP contribution in [0.2, 0.25) is 0 Å². The second-order valence-electron chi connectivity index (χ2n) is 7.39. The molecule has 0 saturated carbocycles. The number of nitrogens with zero attached hydrogens (tertiary/aromatic N) is 2. The van der Waals surface area contributed by atoms with Gasteiger partial charge in [-0.25, -0.2) is 14.6 Å². The lowest BCUT2D eigenvalue weighted by atomic mass is 9.95. The molecule has 1 aliphatic rings. The number of esters is 1. The molecule has 31 heavy (non-hydrogen) atoms. The number of imidazole rings is 1. The number of para-hydroxylation sites is 1. The molecule has 0 fully saturated rings.